The molecule has 6 heterocycles. The number of carbonyl (C=O) groups excluding carboxylic acids is 1. The van der Waals surface area contributed by atoms with E-state index >= 15 is 4.39 Å². The van der Waals surface area contributed by atoms with Gasteiger partial charge in [-0.15, -0.1) is 0 Å². The number of carbonyl (C=O) groups is 1. The molecule has 13 heteroatoms. The van der Waals surface area contributed by atoms with Gasteiger partial charge in [-0.3, -0.25) is 4.79 Å². The molecule has 0 radical (unpaired) electrons. The first-order valence-electron chi connectivity index (χ1n) is 19.6. The number of aryl methyl sites for hydroxylation is 2. The van der Waals surface area contributed by atoms with Crippen LogP contribution in [0.1, 0.15) is 94.4 Å². The second-order valence-electron chi connectivity index (χ2n) is 15.3. The van der Waals surface area contributed by atoms with Crippen molar-refractivity contribution in [3.63, 3.8) is 0 Å². The highest BCUT2D eigenvalue weighted by Gasteiger charge is 2.52. The van der Waals surface area contributed by atoms with Crippen LogP contribution < -0.4 is 5.32 Å². The first kappa shape index (κ1) is 33.7. The molecule has 3 saturated heterocycles. The van der Waals surface area contributed by atoms with Crippen LogP contribution in [0.3, 0.4) is 0 Å². The van der Waals surface area contributed by atoms with E-state index in [4.69, 9.17) is 35.7 Å². The second-order valence-corrected chi connectivity index (χ2v) is 17.1. The summed E-state index contributed by atoms with van der Waals surface area (Å²) in [5.41, 5.74) is 3.25. The van der Waals surface area contributed by atoms with E-state index in [0.29, 0.717) is 39.5 Å². The van der Waals surface area contributed by atoms with E-state index in [1.807, 2.05) is 30.9 Å². The Hall–Kier alpha value is -3.63. The number of hydrogen-bond donors (Lipinski definition) is 2. The van der Waals surface area contributed by atoms with E-state index < -0.39 is 36.7 Å². The topological polar surface area (TPSA) is 116 Å². The van der Waals surface area contributed by atoms with Crippen molar-refractivity contribution < 1.29 is 21.8 Å². The summed E-state index contributed by atoms with van der Waals surface area (Å²) in [4.78, 5) is 21.9. The minimum atomic E-state index is -2.18. The SMILES string of the molecule is [2H]C([2H])(O[C@H]1C[C@H](c2cc3c(C(C)O)nc4c(F)c(-c5cccc(Cl)c5Cl)c(CCC#N)cc4c3n2[C@H]2[C@H]3CN[C@@H]2C3)N(C(=O)C2CC2)[C@@H]1C)c1cc(C)sn1. The Morgan fingerprint density at radius 1 is 1.26 bits per heavy atom. The van der Waals surface area contributed by atoms with E-state index in [-0.39, 0.29) is 69.5 Å². The van der Waals surface area contributed by atoms with Crippen molar-refractivity contribution >= 4 is 62.4 Å². The van der Waals surface area contributed by atoms with Crippen LogP contribution in [0.2, 0.25) is 10.0 Å². The lowest BCUT2D eigenvalue weighted by molar-refractivity contribution is -0.136. The molecule has 3 aromatic heterocycles. The fraction of sp³-hybridized carbons (Fsp3) is 0.463. The van der Waals surface area contributed by atoms with Crippen molar-refractivity contribution in [3.8, 4) is 17.2 Å². The molecular weight excluding hydrogens is 746 g/mol. The highest BCUT2D eigenvalue weighted by atomic mass is 35.5. The minimum absolute atomic E-state index is 0.0109. The van der Waals surface area contributed by atoms with E-state index in [1.54, 1.807) is 31.2 Å². The summed E-state index contributed by atoms with van der Waals surface area (Å²) in [6, 6.07) is 12.0. The number of benzene rings is 2. The third-order valence-corrected chi connectivity index (χ3v) is 13.4. The summed E-state index contributed by atoms with van der Waals surface area (Å²) < 4.78 is 48.1. The number of nitrogens with zero attached hydrogens (tertiary/aromatic N) is 5. The summed E-state index contributed by atoms with van der Waals surface area (Å²) >= 11 is 14.3. The lowest BCUT2D eigenvalue weighted by atomic mass is 9.79. The van der Waals surface area contributed by atoms with Gasteiger partial charge in [0.25, 0.3) is 0 Å². The number of ether oxygens (including phenoxy) is 1. The molecule has 2 N–H and O–H groups in total. The zero-order valence-electron chi connectivity index (χ0n) is 32.1. The maximum Gasteiger partial charge on any atom is 0.226 e. The number of likely N-dealkylation sites (tertiary alicyclic amines) is 1. The molecule has 280 valence electrons. The number of amides is 1. The van der Waals surface area contributed by atoms with E-state index in [0.717, 1.165) is 36.4 Å². The molecule has 2 saturated carbocycles. The number of halogens is 3. The highest BCUT2D eigenvalue weighted by Crippen LogP contribution is 2.52. The minimum Gasteiger partial charge on any atom is -0.387 e. The van der Waals surface area contributed by atoms with Gasteiger partial charge in [0, 0.05) is 63.8 Å². The number of nitriles is 1. The Morgan fingerprint density at radius 3 is 2.74 bits per heavy atom. The number of fused-ring (bicyclic) bond motifs is 4. The fourth-order valence-electron chi connectivity index (χ4n) is 9.14. The number of nitrogens with one attached hydrogen (secondary N) is 1. The zero-order chi connectivity index (χ0) is 39.4. The van der Waals surface area contributed by atoms with Crippen LogP contribution in [0.5, 0.6) is 0 Å². The molecule has 2 bridgehead atoms. The van der Waals surface area contributed by atoms with Crippen LogP contribution in [0, 0.1) is 35.9 Å². The molecule has 10 rings (SSSR count). The average Bonchev–Trinajstić information content (AvgIpc) is 3.53. The van der Waals surface area contributed by atoms with Gasteiger partial charge in [0.05, 0.1) is 72.7 Å². The summed E-state index contributed by atoms with van der Waals surface area (Å²) in [7, 11) is 0. The number of hydrogen-bond acceptors (Lipinski definition) is 8. The third kappa shape index (κ3) is 5.84. The molecule has 2 aromatic carbocycles. The van der Waals surface area contributed by atoms with Crippen molar-refractivity contribution in [1.82, 2.24) is 24.1 Å². The van der Waals surface area contributed by atoms with E-state index in [9.17, 15) is 15.2 Å². The largest absolute Gasteiger partial charge is 0.387 e. The van der Waals surface area contributed by atoms with Crippen LogP contribution in [-0.2, 0) is 22.5 Å². The quantitative estimate of drug-likeness (QED) is 0.145. The lowest BCUT2D eigenvalue weighted by Crippen LogP contribution is -2.43. The maximum absolute atomic E-state index is 17.4. The Morgan fingerprint density at radius 2 is 2.07 bits per heavy atom. The molecule has 9 nitrogen and oxygen atoms in total. The van der Waals surface area contributed by atoms with E-state index in [2.05, 4.69) is 20.3 Å². The van der Waals surface area contributed by atoms with Gasteiger partial charge in [-0.2, -0.15) is 9.64 Å². The Kier molecular flexibility index (Phi) is 8.63. The van der Waals surface area contributed by atoms with Crippen LogP contribution in [0.15, 0.2) is 36.4 Å². The van der Waals surface area contributed by atoms with Crippen molar-refractivity contribution in [3.05, 3.63) is 79.8 Å². The number of rotatable bonds is 10. The van der Waals surface area contributed by atoms with Crippen LogP contribution >= 0.6 is 34.7 Å². The molecule has 2 aliphatic carbocycles. The summed E-state index contributed by atoms with van der Waals surface area (Å²) in [5, 5.41) is 26.3. The van der Waals surface area contributed by atoms with Crippen LogP contribution in [0.25, 0.3) is 32.9 Å². The predicted octanol–water partition coefficient (Wildman–Crippen LogP) is 8.77. The van der Waals surface area contributed by atoms with Crippen molar-refractivity contribution in [1.29, 1.82) is 5.26 Å². The van der Waals surface area contributed by atoms with Gasteiger partial charge < -0.3 is 24.6 Å². The summed E-state index contributed by atoms with van der Waals surface area (Å²) in [5.74, 6) is -0.447. The standard InChI is InChI=1S/C41H41Cl2FN6O3S/c1-19-12-25(48-54-19)18-53-33-16-32(49(20(33)2)41(52)22-9-10-22)31-15-28-37(21(3)51)47-38-27(40(28)50(31)39-24-14-30(39)46-17-24)13-23(6-5-11-45)34(36(38)44)26-7-4-8-29(42)35(26)43/h4,7-8,12-13,15,20-22,24,30,32-33,39,46,51H,5-6,9-10,14,16-18H2,1-3H3/t20-,21?,24-,30-,32-,33+,39+/m1/s1/i18D2. The van der Waals surface area contributed by atoms with Crippen LogP contribution in [0.4, 0.5) is 4.39 Å². The zero-order valence-corrected chi connectivity index (χ0v) is 32.4. The third-order valence-electron chi connectivity index (χ3n) is 11.9. The maximum atomic E-state index is 17.4. The first-order valence-corrected chi connectivity index (χ1v) is 20.2. The second kappa shape index (κ2) is 13.8. The molecule has 1 amide bonds. The normalized spacial score (nSPS) is 26.2. The highest BCUT2D eigenvalue weighted by molar-refractivity contribution is 7.05. The molecule has 5 aliphatic rings. The Bertz CT molecular complexity index is 2450. The monoisotopic (exact) mass is 788 g/mol. The van der Waals surface area contributed by atoms with Gasteiger partial charge in [0.1, 0.15) is 5.52 Å². The van der Waals surface area contributed by atoms with Gasteiger partial charge in [-0.25, -0.2) is 9.37 Å². The van der Waals surface area contributed by atoms with Gasteiger partial charge in [0.2, 0.25) is 5.91 Å². The number of aliphatic hydroxyl groups is 1. The average molecular weight is 790 g/mol. The first-order chi connectivity index (χ1) is 26.8. The van der Waals surface area contributed by atoms with Gasteiger partial charge in [-0.05, 0) is 93.7 Å². The molecule has 7 atom stereocenters. The molecule has 1 unspecified atom stereocenters. The Labute approximate surface area is 330 Å². The molecule has 3 aliphatic heterocycles. The molecule has 5 aromatic rings. The smallest absolute Gasteiger partial charge is 0.226 e. The number of aromatic nitrogens is 3. The molecule has 5 fully saturated rings. The van der Waals surface area contributed by atoms with Gasteiger partial charge in [0.15, 0.2) is 5.82 Å². The van der Waals surface area contributed by atoms with Crippen molar-refractivity contribution in [2.45, 2.75) is 102 Å². The molecule has 54 heavy (non-hydrogen) atoms. The van der Waals surface area contributed by atoms with Gasteiger partial charge >= 0.3 is 0 Å². The number of pyridine rings is 1. The predicted molar refractivity (Wildman–Crippen MR) is 208 cm³/mol. The van der Waals surface area contributed by atoms with E-state index in [1.165, 1.54) is 11.5 Å². The number of aliphatic hydroxyl groups excluding tert-OH is 1. The lowest BCUT2D eigenvalue weighted by Gasteiger charge is -2.39. The molecule has 0 spiro atoms. The summed E-state index contributed by atoms with van der Waals surface area (Å²) in [6.45, 7) is 4.03. The van der Waals surface area contributed by atoms with Gasteiger partial charge in [-0.1, -0.05) is 35.3 Å². The van der Waals surface area contributed by atoms with Crippen molar-refractivity contribution in [2.75, 3.05) is 6.54 Å². The van der Waals surface area contributed by atoms with Crippen molar-refractivity contribution in [2.24, 2.45) is 11.8 Å². The van der Waals surface area contributed by atoms with Crippen LogP contribution in [-0.4, -0.2) is 54.6 Å². The fourth-order valence-corrected chi connectivity index (χ4v) is 10.0. The Balaban J connectivity index is 1.29. The summed E-state index contributed by atoms with van der Waals surface area (Å²) in [6.07, 6.45) is 1.53. The molecular formula is C41H41Cl2FN6O3S.